The quantitative estimate of drug-likeness (QED) is 0.0288. The van der Waals surface area contributed by atoms with Crippen LogP contribution >= 0.6 is 0 Å². The molecule has 1 amide bonds. The topological polar surface area (TPSA) is 619 Å². The first kappa shape index (κ1) is 90.0. The Morgan fingerprint density at radius 1 is 0.487 bits per heavy atom. The number of rotatable bonds is 21. The number of esters is 1. The van der Waals surface area contributed by atoms with Crippen LogP contribution in [0.1, 0.15) is 113 Å². The average Bonchev–Trinajstić information content (AvgIpc) is 0.999. The minimum atomic E-state index is -2.19. The van der Waals surface area contributed by atoms with E-state index in [1.807, 2.05) is 0 Å². The fraction of sp³-hybridized carbons (Fsp3) is 0.947. The van der Waals surface area contributed by atoms with E-state index in [-0.39, 0.29) is 24.7 Å². The molecule has 0 radical (unpaired) electrons. The summed E-state index contributed by atoms with van der Waals surface area (Å²) in [5, 5.41) is 235. The lowest BCUT2D eigenvalue weighted by molar-refractivity contribution is -0.381. The predicted octanol–water partition coefficient (Wildman–Crippen LogP) is -8.43. The van der Waals surface area contributed by atoms with Gasteiger partial charge < -0.3 is 188 Å². The molecule has 0 bridgehead atoms. The molecule has 43 unspecified atom stereocenters. The van der Waals surface area contributed by atoms with E-state index in [0.717, 1.165) is 5.57 Å². The summed E-state index contributed by atoms with van der Waals surface area (Å²) in [7, 11) is 0. The zero-order valence-corrected chi connectivity index (χ0v) is 65.5. The summed E-state index contributed by atoms with van der Waals surface area (Å²) in [5.41, 5.74) is -6.07. The maximum absolute atomic E-state index is 16.1. The number of amides is 1. The maximum atomic E-state index is 16.1. The molecule has 660 valence electrons. The molecular formula is C75H121NO39. The first-order valence-electron chi connectivity index (χ1n) is 39.9. The Labute approximate surface area is 662 Å². The highest BCUT2D eigenvalue weighted by Gasteiger charge is 2.73. The Morgan fingerprint density at radius 3 is 1.62 bits per heavy atom. The van der Waals surface area contributed by atoms with Crippen molar-refractivity contribution in [2.24, 2.45) is 50.2 Å². The van der Waals surface area contributed by atoms with Crippen molar-refractivity contribution in [3.63, 3.8) is 0 Å². The molecule has 8 aliphatic heterocycles. The highest BCUT2D eigenvalue weighted by molar-refractivity contribution is 5.80. The Morgan fingerprint density at radius 2 is 1.02 bits per heavy atom. The molecule has 5 aliphatic carbocycles. The molecule has 0 spiro atoms. The number of hydrogen-bond acceptors (Lipinski definition) is 39. The summed E-state index contributed by atoms with van der Waals surface area (Å²) in [6.07, 6.45) is -53.3. The van der Waals surface area contributed by atoms with Crippen molar-refractivity contribution in [1.82, 2.24) is 5.32 Å². The van der Waals surface area contributed by atoms with E-state index in [2.05, 4.69) is 59.9 Å². The number of carbonyl (C=O) groups is 2. The van der Waals surface area contributed by atoms with Crippen LogP contribution in [0, 0.1) is 50.2 Å². The van der Waals surface area contributed by atoms with Crippen LogP contribution in [0.5, 0.6) is 0 Å². The summed E-state index contributed by atoms with van der Waals surface area (Å²) in [6, 6.07) is -1.47. The summed E-state index contributed by atoms with van der Waals surface area (Å²) in [5.74, 6) is -2.55. The van der Waals surface area contributed by atoms with Crippen molar-refractivity contribution in [1.29, 1.82) is 0 Å². The molecule has 0 aromatic heterocycles. The Kier molecular flexibility index (Phi) is 26.9. The summed E-state index contributed by atoms with van der Waals surface area (Å²) in [4.78, 5) is 29.4. The molecule has 0 aromatic rings. The molecule has 0 aromatic carbocycles. The van der Waals surface area contributed by atoms with Gasteiger partial charge in [-0.25, -0.2) is 0 Å². The van der Waals surface area contributed by atoms with Crippen LogP contribution in [-0.4, -0.2) is 399 Å². The molecule has 4 saturated carbocycles. The largest absolute Gasteiger partial charge is 0.432 e. The van der Waals surface area contributed by atoms with Gasteiger partial charge in [0.2, 0.25) is 12.2 Å². The van der Waals surface area contributed by atoms with Gasteiger partial charge in [0.05, 0.1) is 71.7 Å². The van der Waals surface area contributed by atoms with Gasteiger partial charge in [-0.1, -0.05) is 60.1 Å². The van der Waals surface area contributed by atoms with Gasteiger partial charge in [0.25, 0.3) is 0 Å². The number of ether oxygens (including phenoxy) is 16. The van der Waals surface area contributed by atoms with Crippen molar-refractivity contribution in [3.05, 3.63) is 11.6 Å². The second kappa shape index (κ2) is 34.4. The number of carbonyl (C=O) groups excluding carboxylic acids is 2. The molecule has 13 aliphatic rings. The molecule has 22 N–H and O–H groups in total. The number of aliphatic hydroxyl groups excluding tert-OH is 20. The molecule has 40 nitrogen and oxygen atoms in total. The van der Waals surface area contributed by atoms with Gasteiger partial charge in [-0.05, 0) is 103 Å². The van der Waals surface area contributed by atoms with E-state index in [0.29, 0.717) is 44.9 Å². The lowest BCUT2D eigenvalue weighted by Crippen LogP contribution is -2.69. The van der Waals surface area contributed by atoms with E-state index in [9.17, 15) is 112 Å². The second-order valence-electron chi connectivity index (χ2n) is 36.3. The van der Waals surface area contributed by atoms with E-state index < -0.39 is 330 Å². The minimum absolute atomic E-state index is 0.0469. The number of hydrogen-bond donors (Lipinski definition) is 22. The molecular weight excluding hydrogens is 1540 g/mol. The van der Waals surface area contributed by atoms with Crippen LogP contribution in [0.3, 0.4) is 0 Å². The van der Waals surface area contributed by atoms with Gasteiger partial charge in [0, 0.05) is 6.92 Å². The van der Waals surface area contributed by atoms with Gasteiger partial charge in [-0.15, -0.1) is 0 Å². The van der Waals surface area contributed by atoms with Crippen molar-refractivity contribution in [2.45, 2.75) is 334 Å². The average molecular weight is 1660 g/mol. The predicted molar refractivity (Wildman–Crippen MR) is 376 cm³/mol. The van der Waals surface area contributed by atoms with Crippen LogP contribution in [0.4, 0.5) is 0 Å². The van der Waals surface area contributed by atoms with Crippen LogP contribution in [0.15, 0.2) is 11.6 Å². The summed E-state index contributed by atoms with van der Waals surface area (Å²) < 4.78 is 96.8. The van der Waals surface area contributed by atoms with Gasteiger partial charge in [0.15, 0.2) is 50.1 Å². The zero-order valence-electron chi connectivity index (χ0n) is 65.5. The van der Waals surface area contributed by atoms with Gasteiger partial charge >= 0.3 is 5.97 Å². The SMILES string of the molecule is CC(=O)NC1C(OC2CCC3(C)C(CCC4(C)C3CC=C3C5CC(C)(C)CCC5(C(=O)OC5OC(CO)C(O)C(OC6OCC(O)C(O)C6O)C5OC5OCC(O)C(OC6OCC(O)(CO)C6O)C5O)C(O)CC34C)C2(C)C)OC(COC2OCC(O)C(OC3OCC(O)C(O)C3O)C2O)C(OC2OC(CO)C(O)C(O)C2O)C1O. The number of allylic oxidation sites excluding steroid dienone is 2. The first-order valence-corrected chi connectivity index (χ1v) is 39.9. The number of nitrogens with one attached hydrogen (secondary N) is 1. The van der Waals surface area contributed by atoms with Gasteiger partial charge in [-0.3, -0.25) is 9.59 Å². The maximum Gasteiger partial charge on any atom is 0.317 e. The number of aliphatic hydroxyl groups is 21. The molecule has 8 saturated heterocycles. The van der Waals surface area contributed by atoms with Crippen LogP contribution < -0.4 is 5.32 Å². The lowest BCUT2D eigenvalue weighted by atomic mass is 9.33. The van der Waals surface area contributed by atoms with Crippen molar-refractivity contribution < 1.29 is 193 Å². The fourth-order valence-corrected chi connectivity index (χ4v) is 21.5. The standard InChI is InChI=1S/C75H121NO39/c1-28(80)76-42-47(90)56(112-65-51(94)48(91)45(88)35(19-77)106-65)37(25-104-61-52(95)54(33(83)23-100-61)110-62-49(92)43(86)31(81)21-101-62)108-60(42)109-41-12-13-71(6)38(70(41,4)5)11-14-72(7)39(71)10-9-29-30-17-69(2,3)15-16-75(30,40(85)18-73(29,72)8)68(98)115-66-58(57(46(89)36(20-78)107-66)113-63-50(93)44(87)32(82)22-102-63)114-64-53(96)55(34(84)24-103-64)111-67-59(97)74(99,26-79)27-105-67/h9,30-67,77-79,81-97,99H,10-27H2,1-8H3,(H,76,80). The normalized spacial score (nSPS) is 53.1. The second-order valence-corrected chi connectivity index (χ2v) is 36.3. The molecule has 13 rings (SSSR count). The van der Waals surface area contributed by atoms with E-state index >= 15 is 4.79 Å². The lowest BCUT2D eigenvalue weighted by Gasteiger charge is -2.72. The third-order valence-electron chi connectivity index (χ3n) is 28.4. The van der Waals surface area contributed by atoms with Crippen molar-refractivity contribution >= 4 is 11.9 Å². The first-order chi connectivity index (χ1) is 54.0. The van der Waals surface area contributed by atoms with E-state index in [4.69, 9.17) is 75.8 Å². The van der Waals surface area contributed by atoms with Crippen LogP contribution in [0.2, 0.25) is 0 Å². The molecule has 12 fully saturated rings. The third-order valence-corrected chi connectivity index (χ3v) is 28.4. The molecule has 43 atom stereocenters. The Bertz CT molecular complexity index is 3350. The number of fused-ring (bicyclic) bond motifs is 7. The molecule has 8 heterocycles. The molecule has 115 heavy (non-hydrogen) atoms. The zero-order chi connectivity index (χ0) is 83.6. The van der Waals surface area contributed by atoms with Crippen molar-refractivity contribution in [2.75, 3.05) is 59.5 Å². The highest BCUT2D eigenvalue weighted by Crippen LogP contribution is 2.76. The van der Waals surface area contributed by atoms with E-state index in [1.165, 1.54) is 6.92 Å². The highest BCUT2D eigenvalue weighted by atomic mass is 16.8. The summed E-state index contributed by atoms with van der Waals surface area (Å²) in [6.45, 7) is 9.85. The van der Waals surface area contributed by atoms with Gasteiger partial charge in [0.1, 0.15) is 157 Å². The summed E-state index contributed by atoms with van der Waals surface area (Å²) >= 11 is 0. The molecule has 40 heteroatoms. The monoisotopic (exact) mass is 1660 g/mol. The fourth-order valence-electron chi connectivity index (χ4n) is 21.5. The van der Waals surface area contributed by atoms with Crippen LogP contribution in [0.25, 0.3) is 0 Å². The Balaban J connectivity index is 0.764. The van der Waals surface area contributed by atoms with Crippen molar-refractivity contribution in [3.8, 4) is 0 Å². The van der Waals surface area contributed by atoms with E-state index in [1.54, 1.807) is 0 Å². The van der Waals surface area contributed by atoms with Crippen LogP contribution in [-0.2, 0) is 85.4 Å². The minimum Gasteiger partial charge on any atom is -0.432 e. The smallest absolute Gasteiger partial charge is 0.317 e. The van der Waals surface area contributed by atoms with Gasteiger partial charge in [-0.2, -0.15) is 0 Å². The third kappa shape index (κ3) is 16.2. The Hall–Kier alpha value is -2.76.